The van der Waals surface area contributed by atoms with E-state index in [0.29, 0.717) is 0 Å². The molecule has 4 heteroatoms. The molecule has 0 aliphatic carbocycles. The monoisotopic (exact) mass is 258 g/mol. The molecule has 0 spiro atoms. The molecule has 1 aromatic heterocycles. The van der Waals surface area contributed by atoms with Gasteiger partial charge in [0, 0.05) is 24.5 Å². The zero-order valence-corrected chi connectivity index (χ0v) is 11.2. The highest BCUT2D eigenvalue weighted by molar-refractivity contribution is 7.10. The van der Waals surface area contributed by atoms with Gasteiger partial charge >= 0.3 is 0 Å². The Kier molecular flexibility index (Phi) is 3.90. The van der Waals surface area contributed by atoms with Gasteiger partial charge < -0.3 is 5.32 Å². The molecule has 2 fully saturated rings. The summed E-state index contributed by atoms with van der Waals surface area (Å²) in [6.07, 6.45) is 0. The largest absolute Gasteiger partial charge is 0.316 e. The smallest absolute Gasteiger partial charge is 0.0330 e. The highest BCUT2D eigenvalue weighted by Gasteiger charge is 2.35. The van der Waals surface area contributed by atoms with Gasteiger partial charge in [0.2, 0.25) is 0 Å². The second-order valence-corrected chi connectivity index (χ2v) is 5.90. The maximum Gasteiger partial charge on any atom is 0.0330 e. The van der Waals surface area contributed by atoms with E-state index in [1.54, 1.807) is 4.88 Å². The van der Waals surface area contributed by atoms with Crippen molar-refractivity contribution < 1.29 is 0 Å². The molecule has 2 aliphatic heterocycles. The van der Waals surface area contributed by atoms with Crippen molar-refractivity contribution in [1.29, 1.82) is 0 Å². The number of halogens is 1. The normalized spacial score (nSPS) is 29.1. The Labute approximate surface area is 107 Å². The first-order valence-corrected chi connectivity index (χ1v) is 6.67. The highest BCUT2D eigenvalue weighted by Crippen LogP contribution is 2.28. The van der Waals surface area contributed by atoms with E-state index in [9.17, 15) is 0 Å². The summed E-state index contributed by atoms with van der Waals surface area (Å²) in [6.45, 7) is 8.49. The molecule has 1 N–H and O–H groups in total. The second kappa shape index (κ2) is 5.05. The number of fused-ring (bicyclic) bond motifs is 1. The second-order valence-electron chi connectivity index (χ2n) is 4.90. The van der Waals surface area contributed by atoms with Crippen LogP contribution in [-0.4, -0.2) is 31.1 Å². The average molecular weight is 259 g/mol. The lowest BCUT2D eigenvalue weighted by atomic mass is 10.0. The lowest BCUT2D eigenvalue weighted by Gasteiger charge is -2.16. The van der Waals surface area contributed by atoms with Crippen molar-refractivity contribution in [3.05, 3.63) is 21.9 Å². The van der Waals surface area contributed by atoms with Crippen LogP contribution < -0.4 is 5.32 Å². The van der Waals surface area contributed by atoms with Gasteiger partial charge in [-0.2, -0.15) is 0 Å². The Balaban J connectivity index is 0.000000963. The van der Waals surface area contributed by atoms with Gasteiger partial charge in [-0.3, -0.25) is 4.90 Å². The third-order valence-corrected chi connectivity index (χ3v) is 4.81. The molecule has 3 heterocycles. The average Bonchev–Trinajstić information content (AvgIpc) is 2.83. The summed E-state index contributed by atoms with van der Waals surface area (Å²) < 4.78 is 0. The van der Waals surface area contributed by atoms with Crippen LogP contribution in [0.25, 0.3) is 0 Å². The lowest BCUT2D eigenvalue weighted by molar-refractivity contribution is 0.308. The SMILES string of the molecule is Cc1ccsc1CN1C[C@H]2CNC[C@H]2C1.Cl. The Hall–Kier alpha value is -0.0900. The molecule has 2 nitrogen and oxygen atoms in total. The number of hydrogen-bond acceptors (Lipinski definition) is 3. The summed E-state index contributed by atoms with van der Waals surface area (Å²) in [5, 5.41) is 5.70. The third-order valence-electron chi connectivity index (χ3n) is 3.80. The molecule has 0 aromatic carbocycles. The van der Waals surface area contributed by atoms with Gasteiger partial charge in [-0.1, -0.05) is 0 Å². The van der Waals surface area contributed by atoms with E-state index in [0.717, 1.165) is 11.8 Å². The van der Waals surface area contributed by atoms with E-state index >= 15 is 0 Å². The van der Waals surface area contributed by atoms with Crippen molar-refractivity contribution in [3.8, 4) is 0 Å². The fraction of sp³-hybridized carbons (Fsp3) is 0.667. The van der Waals surface area contributed by atoms with Gasteiger partial charge in [0.25, 0.3) is 0 Å². The van der Waals surface area contributed by atoms with Crippen LogP contribution >= 0.6 is 23.7 Å². The molecule has 2 saturated heterocycles. The van der Waals surface area contributed by atoms with Crippen molar-refractivity contribution >= 4 is 23.7 Å². The van der Waals surface area contributed by atoms with Crippen molar-refractivity contribution in [2.45, 2.75) is 13.5 Å². The summed E-state index contributed by atoms with van der Waals surface area (Å²) >= 11 is 1.91. The van der Waals surface area contributed by atoms with Gasteiger partial charge in [-0.05, 0) is 48.9 Å². The number of nitrogens with one attached hydrogen (secondary N) is 1. The number of rotatable bonds is 2. The van der Waals surface area contributed by atoms with Gasteiger partial charge in [-0.15, -0.1) is 23.7 Å². The van der Waals surface area contributed by atoms with E-state index in [1.165, 1.54) is 38.3 Å². The van der Waals surface area contributed by atoms with Gasteiger partial charge in [-0.25, -0.2) is 0 Å². The molecule has 0 bridgehead atoms. The Morgan fingerprint density at radius 2 is 2.06 bits per heavy atom. The molecule has 0 amide bonds. The molecule has 16 heavy (non-hydrogen) atoms. The minimum absolute atomic E-state index is 0. The predicted molar refractivity (Wildman–Crippen MR) is 71.4 cm³/mol. The van der Waals surface area contributed by atoms with Crippen LogP contribution in [0.5, 0.6) is 0 Å². The molecule has 0 unspecified atom stereocenters. The van der Waals surface area contributed by atoms with E-state index in [-0.39, 0.29) is 12.4 Å². The zero-order valence-electron chi connectivity index (χ0n) is 9.61. The summed E-state index contributed by atoms with van der Waals surface area (Å²) in [4.78, 5) is 4.19. The molecular weight excluding hydrogens is 240 g/mol. The first-order valence-electron chi connectivity index (χ1n) is 5.79. The molecular formula is C12H19ClN2S. The Morgan fingerprint density at radius 3 is 2.62 bits per heavy atom. The van der Waals surface area contributed by atoms with E-state index < -0.39 is 0 Å². The Morgan fingerprint density at radius 1 is 1.38 bits per heavy atom. The van der Waals surface area contributed by atoms with Crippen LogP contribution in [0, 0.1) is 18.8 Å². The summed E-state index contributed by atoms with van der Waals surface area (Å²) in [6, 6.07) is 2.23. The Bertz CT molecular complexity index is 341. The summed E-state index contributed by atoms with van der Waals surface area (Å²) in [5.74, 6) is 1.84. The van der Waals surface area contributed by atoms with Crippen molar-refractivity contribution in [2.24, 2.45) is 11.8 Å². The molecule has 3 rings (SSSR count). The molecule has 0 radical (unpaired) electrons. The maximum atomic E-state index is 3.49. The standard InChI is InChI=1S/C12H18N2S.ClH/c1-9-2-3-15-12(9)8-14-6-10-4-13-5-11(10)7-14;/h2-3,10-11,13H,4-8H2,1H3;1H/t10-,11+;. The molecule has 2 aliphatic rings. The first kappa shape index (κ1) is 12.4. The number of likely N-dealkylation sites (tertiary alicyclic amines) is 1. The molecule has 2 atom stereocenters. The first-order chi connectivity index (χ1) is 7.33. The summed E-state index contributed by atoms with van der Waals surface area (Å²) in [7, 11) is 0. The minimum Gasteiger partial charge on any atom is -0.316 e. The molecule has 0 saturated carbocycles. The number of thiophene rings is 1. The lowest BCUT2D eigenvalue weighted by Crippen LogP contribution is -2.25. The van der Waals surface area contributed by atoms with E-state index in [4.69, 9.17) is 0 Å². The highest BCUT2D eigenvalue weighted by atomic mass is 35.5. The van der Waals surface area contributed by atoms with Gasteiger partial charge in [0.1, 0.15) is 0 Å². The maximum absolute atomic E-state index is 3.49. The molecule has 90 valence electrons. The van der Waals surface area contributed by atoms with Crippen LogP contribution in [0.2, 0.25) is 0 Å². The zero-order chi connectivity index (χ0) is 10.3. The van der Waals surface area contributed by atoms with Crippen LogP contribution in [0.3, 0.4) is 0 Å². The number of aryl methyl sites for hydroxylation is 1. The quantitative estimate of drug-likeness (QED) is 0.874. The fourth-order valence-corrected chi connectivity index (χ4v) is 3.80. The van der Waals surface area contributed by atoms with Gasteiger partial charge in [0.15, 0.2) is 0 Å². The van der Waals surface area contributed by atoms with E-state index in [2.05, 4.69) is 28.6 Å². The number of nitrogens with zero attached hydrogens (tertiary/aromatic N) is 1. The van der Waals surface area contributed by atoms with Crippen molar-refractivity contribution in [2.75, 3.05) is 26.2 Å². The van der Waals surface area contributed by atoms with Crippen molar-refractivity contribution in [1.82, 2.24) is 10.2 Å². The number of hydrogen-bond donors (Lipinski definition) is 1. The minimum atomic E-state index is 0. The van der Waals surface area contributed by atoms with Crippen LogP contribution in [-0.2, 0) is 6.54 Å². The fourth-order valence-electron chi connectivity index (χ4n) is 2.85. The van der Waals surface area contributed by atoms with Crippen molar-refractivity contribution in [3.63, 3.8) is 0 Å². The van der Waals surface area contributed by atoms with E-state index in [1.807, 2.05) is 11.3 Å². The third kappa shape index (κ3) is 2.28. The van der Waals surface area contributed by atoms with Gasteiger partial charge in [0.05, 0.1) is 0 Å². The van der Waals surface area contributed by atoms with Crippen LogP contribution in [0.1, 0.15) is 10.4 Å². The van der Waals surface area contributed by atoms with Crippen LogP contribution in [0.15, 0.2) is 11.4 Å². The topological polar surface area (TPSA) is 15.3 Å². The molecule has 1 aromatic rings. The predicted octanol–water partition coefficient (Wildman–Crippen LogP) is 2.13. The van der Waals surface area contributed by atoms with Crippen LogP contribution in [0.4, 0.5) is 0 Å². The summed E-state index contributed by atoms with van der Waals surface area (Å²) in [5.41, 5.74) is 1.47.